The molecule has 3 aromatic rings. The Labute approximate surface area is 168 Å². The number of nitrogens with zero attached hydrogens (tertiary/aromatic N) is 3. The van der Waals surface area contributed by atoms with Gasteiger partial charge < -0.3 is 9.88 Å². The summed E-state index contributed by atoms with van der Waals surface area (Å²) in [6.45, 7) is 4.17. The van der Waals surface area contributed by atoms with E-state index in [9.17, 15) is 18.0 Å². The van der Waals surface area contributed by atoms with E-state index in [0.29, 0.717) is 17.5 Å². The zero-order valence-corrected chi connectivity index (χ0v) is 16.7. The van der Waals surface area contributed by atoms with E-state index in [1.807, 2.05) is 29.0 Å². The van der Waals surface area contributed by atoms with Crippen molar-refractivity contribution < 1.29 is 18.0 Å². The van der Waals surface area contributed by atoms with Crippen LogP contribution in [0.1, 0.15) is 19.4 Å². The highest BCUT2D eigenvalue weighted by molar-refractivity contribution is 8.00. The number of alkyl halides is 3. The molecule has 10 heteroatoms. The molecule has 0 aliphatic heterocycles. The van der Waals surface area contributed by atoms with Crippen LogP contribution in [0.2, 0.25) is 0 Å². The van der Waals surface area contributed by atoms with Crippen molar-refractivity contribution in [1.82, 2.24) is 14.8 Å². The Hall–Kier alpha value is -2.33. The summed E-state index contributed by atoms with van der Waals surface area (Å²) in [5.74, 6) is 0.167. The molecule has 1 unspecified atom stereocenters. The van der Waals surface area contributed by atoms with Crippen molar-refractivity contribution in [2.45, 2.75) is 37.0 Å². The monoisotopic (exact) mass is 426 g/mol. The van der Waals surface area contributed by atoms with Gasteiger partial charge in [-0.2, -0.15) is 13.2 Å². The standard InChI is InChI=1S/C18H17F3N4OS2/c1-3-25-15(14-9-6-10-27-14)23-24-17(25)28-11(2)16(26)22-13-8-5-4-7-12(13)18(19,20)21/h4-11H,3H2,1-2H3,(H,22,26). The Morgan fingerprint density at radius 2 is 2.00 bits per heavy atom. The number of hydrogen-bond donors (Lipinski definition) is 1. The predicted octanol–water partition coefficient (Wildman–Crippen LogP) is 5.16. The number of anilines is 1. The molecule has 3 rings (SSSR count). The topological polar surface area (TPSA) is 59.8 Å². The van der Waals surface area contributed by atoms with Crippen LogP contribution in [-0.4, -0.2) is 25.9 Å². The zero-order valence-electron chi connectivity index (χ0n) is 15.0. The van der Waals surface area contributed by atoms with E-state index in [-0.39, 0.29) is 5.69 Å². The first kappa shape index (κ1) is 20.4. The fourth-order valence-electron chi connectivity index (χ4n) is 2.53. The number of carbonyl (C=O) groups is 1. The van der Waals surface area contributed by atoms with E-state index >= 15 is 0 Å². The highest BCUT2D eigenvalue weighted by atomic mass is 32.2. The number of thioether (sulfide) groups is 1. The lowest BCUT2D eigenvalue weighted by Gasteiger charge is -2.16. The molecular weight excluding hydrogens is 409 g/mol. The number of para-hydroxylation sites is 1. The molecule has 0 aliphatic carbocycles. The summed E-state index contributed by atoms with van der Waals surface area (Å²) >= 11 is 2.69. The minimum atomic E-state index is -4.54. The third-order valence-corrected chi connectivity index (χ3v) is 5.86. The van der Waals surface area contributed by atoms with E-state index in [1.165, 1.54) is 29.5 Å². The second-order valence-electron chi connectivity index (χ2n) is 5.82. The summed E-state index contributed by atoms with van der Waals surface area (Å²) in [6.07, 6.45) is -4.54. The van der Waals surface area contributed by atoms with Crippen molar-refractivity contribution in [3.8, 4) is 10.7 Å². The molecule has 0 saturated heterocycles. The van der Waals surface area contributed by atoms with Gasteiger partial charge >= 0.3 is 6.18 Å². The van der Waals surface area contributed by atoms with Gasteiger partial charge in [0.1, 0.15) is 0 Å². The third kappa shape index (κ3) is 4.39. The maximum absolute atomic E-state index is 13.1. The van der Waals surface area contributed by atoms with Gasteiger partial charge in [0, 0.05) is 6.54 Å². The highest BCUT2D eigenvalue weighted by Gasteiger charge is 2.34. The number of hydrogen-bond acceptors (Lipinski definition) is 5. The maximum atomic E-state index is 13.1. The van der Waals surface area contributed by atoms with Crippen LogP contribution in [0.4, 0.5) is 18.9 Å². The number of halogens is 3. The van der Waals surface area contributed by atoms with E-state index in [1.54, 1.807) is 6.92 Å². The molecule has 0 spiro atoms. The van der Waals surface area contributed by atoms with E-state index in [0.717, 1.165) is 22.7 Å². The molecule has 1 N–H and O–H groups in total. The fraction of sp³-hybridized carbons (Fsp3) is 0.278. The van der Waals surface area contributed by atoms with E-state index in [4.69, 9.17) is 0 Å². The molecule has 2 heterocycles. The number of carbonyl (C=O) groups excluding carboxylic acids is 1. The molecule has 0 aliphatic rings. The normalized spacial score (nSPS) is 12.8. The highest BCUT2D eigenvalue weighted by Crippen LogP contribution is 2.35. The molecule has 2 aromatic heterocycles. The third-order valence-electron chi connectivity index (χ3n) is 3.92. The Kier molecular flexibility index (Phi) is 6.09. The number of amides is 1. The summed E-state index contributed by atoms with van der Waals surface area (Å²) in [4.78, 5) is 13.4. The summed E-state index contributed by atoms with van der Waals surface area (Å²) in [5, 5.41) is 12.5. The molecule has 28 heavy (non-hydrogen) atoms. The molecule has 0 fully saturated rings. The van der Waals surface area contributed by atoms with Crippen molar-refractivity contribution in [2.75, 3.05) is 5.32 Å². The van der Waals surface area contributed by atoms with Crippen LogP contribution in [0.15, 0.2) is 46.9 Å². The molecule has 0 radical (unpaired) electrons. The van der Waals surface area contributed by atoms with Crippen LogP contribution < -0.4 is 5.32 Å². The van der Waals surface area contributed by atoms with Gasteiger partial charge in [-0.15, -0.1) is 21.5 Å². The van der Waals surface area contributed by atoms with Gasteiger partial charge in [-0.3, -0.25) is 4.79 Å². The lowest BCUT2D eigenvalue weighted by atomic mass is 10.1. The Morgan fingerprint density at radius 3 is 2.64 bits per heavy atom. The number of benzene rings is 1. The summed E-state index contributed by atoms with van der Waals surface area (Å²) < 4.78 is 41.2. The van der Waals surface area contributed by atoms with Crippen LogP contribution in [0, 0.1) is 0 Å². The molecule has 0 saturated carbocycles. The number of nitrogens with one attached hydrogen (secondary N) is 1. The molecule has 1 aromatic carbocycles. The van der Waals surface area contributed by atoms with Gasteiger partial charge in [0.25, 0.3) is 0 Å². The Bertz CT molecular complexity index is 954. The quantitative estimate of drug-likeness (QED) is 0.553. The van der Waals surface area contributed by atoms with Gasteiger partial charge in [-0.25, -0.2) is 0 Å². The smallest absolute Gasteiger partial charge is 0.325 e. The molecule has 1 amide bonds. The molecule has 1 atom stereocenters. The van der Waals surface area contributed by atoms with Gasteiger partial charge in [0.2, 0.25) is 5.91 Å². The lowest BCUT2D eigenvalue weighted by Crippen LogP contribution is -2.24. The first-order chi connectivity index (χ1) is 13.3. The van der Waals surface area contributed by atoms with E-state index in [2.05, 4.69) is 15.5 Å². The van der Waals surface area contributed by atoms with Crippen LogP contribution in [-0.2, 0) is 17.5 Å². The van der Waals surface area contributed by atoms with Crippen LogP contribution in [0.5, 0.6) is 0 Å². The van der Waals surface area contributed by atoms with Crippen molar-refractivity contribution >= 4 is 34.7 Å². The summed E-state index contributed by atoms with van der Waals surface area (Å²) in [6, 6.07) is 8.75. The first-order valence-electron chi connectivity index (χ1n) is 8.42. The average molecular weight is 426 g/mol. The van der Waals surface area contributed by atoms with Crippen molar-refractivity contribution in [3.63, 3.8) is 0 Å². The van der Waals surface area contributed by atoms with Gasteiger partial charge in [-0.1, -0.05) is 30.0 Å². The van der Waals surface area contributed by atoms with Crippen LogP contribution in [0.25, 0.3) is 10.7 Å². The number of thiophene rings is 1. The number of rotatable bonds is 6. The predicted molar refractivity (Wildman–Crippen MR) is 104 cm³/mol. The van der Waals surface area contributed by atoms with Gasteiger partial charge in [0.05, 0.1) is 21.4 Å². The summed E-state index contributed by atoms with van der Waals surface area (Å²) in [5.41, 5.74) is -1.14. The fourth-order valence-corrected chi connectivity index (χ4v) is 4.16. The second-order valence-corrected chi connectivity index (χ2v) is 8.08. The summed E-state index contributed by atoms with van der Waals surface area (Å²) in [7, 11) is 0. The minimum Gasteiger partial charge on any atom is -0.325 e. The van der Waals surface area contributed by atoms with Crippen LogP contribution >= 0.6 is 23.1 Å². The number of aromatic nitrogens is 3. The first-order valence-corrected chi connectivity index (χ1v) is 10.2. The molecule has 148 valence electrons. The van der Waals surface area contributed by atoms with Crippen molar-refractivity contribution in [3.05, 3.63) is 47.3 Å². The largest absolute Gasteiger partial charge is 0.418 e. The molecule has 5 nitrogen and oxygen atoms in total. The molecule has 0 bridgehead atoms. The molecular formula is C18H17F3N4OS2. The average Bonchev–Trinajstić information content (AvgIpc) is 3.30. The van der Waals surface area contributed by atoms with Gasteiger partial charge in [0.15, 0.2) is 11.0 Å². The zero-order chi connectivity index (χ0) is 20.3. The maximum Gasteiger partial charge on any atom is 0.418 e. The second kappa shape index (κ2) is 8.36. The SMILES string of the molecule is CCn1c(SC(C)C(=O)Nc2ccccc2C(F)(F)F)nnc1-c1cccs1. The van der Waals surface area contributed by atoms with E-state index < -0.39 is 22.9 Å². The van der Waals surface area contributed by atoms with Gasteiger partial charge in [-0.05, 0) is 37.4 Å². The Morgan fingerprint density at radius 1 is 1.25 bits per heavy atom. The minimum absolute atomic E-state index is 0.260. The van der Waals surface area contributed by atoms with Crippen molar-refractivity contribution in [2.24, 2.45) is 0 Å². The Balaban J connectivity index is 1.76. The van der Waals surface area contributed by atoms with Crippen molar-refractivity contribution in [1.29, 1.82) is 0 Å². The lowest BCUT2D eigenvalue weighted by molar-refractivity contribution is -0.137. The van der Waals surface area contributed by atoms with Crippen LogP contribution in [0.3, 0.4) is 0 Å².